The first-order valence-electron chi connectivity index (χ1n) is 5.49. The Morgan fingerprint density at radius 2 is 2.12 bits per heavy atom. The third-order valence-corrected chi connectivity index (χ3v) is 2.85. The Morgan fingerprint density at radius 3 is 2.44 bits per heavy atom. The van der Waals surface area contributed by atoms with Gasteiger partial charge in [-0.1, -0.05) is 20.8 Å². The van der Waals surface area contributed by atoms with Crippen LogP contribution in [-0.2, 0) is 9.53 Å². The van der Waals surface area contributed by atoms with Gasteiger partial charge in [0.2, 0.25) is 5.91 Å². The molecule has 1 fully saturated rings. The molecule has 1 rings (SSSR count). The summed E-state index contributed by atoms with van der Waals surface area (Å²) >= 11 is 0. The summed E-state index contributed by atoms with van der Waals surface area (Å²) in [5.41, 5.74) is 0.0507. The normalized spacial score (nSPS) is 21.6. The highest BCUT2D eigenvalue weighted by Crippen LogP contribution is 2.21. The second kappa shape index (κ2) is 6.42. The van der Waals surface area contributed by atoms with Crippen LogP contribution in [0.3, 0.4) is 0 Å². The molecule has 0 bridgehead atoms. The number of halogens is 1. The van der Waals surface area contributed by atoms with Gasteiger partial charge in [0.15, 0.2) is 0 Å². The largest absolute Gasteiger partial charge is 0.379 e. The van der Waals surface area contributed by atoms with Crippen LogP contribution in [0.1, 0.15) is 27.2 Å². The van der Waals surface area contributed by atoms with Crippen LogP contribution in [0.4, 0.5) is 0 Å². The van der Waals surface area contributed by atoms with E-state index in [9.17, 15) is 4.79 Å². The molecule has 96 valence electrons. The van der Waals surface area contributed by atoms with Crippen LogP contribution in [0, 0.1) is 5.41 Å². The fourth-order valence-electron chi connectivity index (χ4n) is 1.57. The van der Waals surface area contributed by atoms with Gasteiger partial charge in [0.1, 0.15) is 0 Å². The van der Waals surface area contributed by atoms with Gasteiger partial charge in [-0.15, -0.1) is 12.4 Å². The van der Waals surface area contributed by atoms with E-state index in [0.717, 1.165) is 13.0 Å². The molecule has 1 heterocycles. The minimum atomic E-state index is 0. The molecule has 0 aromatic heterocycles. The summed E-state index contributed by atoms with van der Waals surface area (Å²) in [6, 6.07) is 0.0162. The molecule has 1 aliphatic heterocycles. The van der Waals surface area contributed by atoms with E-state index < -0.39 is 0 Å². The Hall–Kier alpha value is -0.320. The summed E-state index contributed by atoms with van der Waals surface area (Å²) in [5, 5.41) is 5.99. The predicted octanol–water partition coefficient (Wildman–Crippen LogP) is 0.947. The number of hydrogen-bond acceptors (Lipinski definition) is 3. The molecular formula is C11H23ClN2O2. The highest BCUT2D eigenvalue weighted by Gasteiger charge is 2.28. The molecule has 1 aliphatic rings. The molecule has 4 nitrogen and oxygen atoms in total. The summed E-state index contributed by atoms with van der Waals surface area (Å²) in [6.45, 7) is 7.85. The maximum atomic E-state index is 11.5. The van der Waals surface area contributed by atoms with Crippen LogP contribution in [0.5, 0.6) is 0 Å². The number of methoxy groups -OCH3 is 1. The van der Waals surface area contributed by atoms with Gasteiger partial charge in [-0.3, -0.25) is 4.79 Å². The molecule has 0 saturated carbocycles. The average molecular weight is 251 g/mol. The van der Waals surface area contributed by atoms with E-state index in [4.69, 9.17) is 4.74 Å². The van der Waals surface area contributed by atoms with E-state index in [1.54, 1.807) is 7.11 Å². The number of hydrogen-bond donors (Lipinski definition) is 2. The topological polar surface area (TPSA) is 50.4 Å². The minimum Gasteiger partial charge on any atom is -0.379 e. The molecule has 0 radical (unpaired) electrons. The van der Waals surface area contributed by atoms with Gasteiger partial charge in [-0.2, -0.15) is 0 Å². The maximum Gasteiger partial charge on any atom is 0.237 e. The predicted molar refractivity (Wildman–Crippen MR) is 66.9 cm³/mol. The molecular weight excluding hydrogens is 228 g/mol. The molecule has 2 atom stereocenters. The Labute approximate surface area is 104 Å². The molecule has 5 heteroatoms. The van der Waals surface area contributed by atoms with Crippen molar-refractivity contribution in [1.29, 1.82) is 0 Å². The van der Waals surface area contributed by atoms with Gasteiger partial charge in [-0.05, 0) is 18.4 Å². The Bertz CT molecular complexity index is 225. The lowest BCUT2D eigenvalue weighted by atomic mass is 9.89. The van der Waals surface area contributed by atoms with E-state index in [1.807, 2.05) is 0 Å². The quantitative estimate of drug-likeness (QED) is 0.781. The van der Waals surface area contributed by atoms with Gasteiger partial charge in [0.05, 0.1) is 12.1 Å². The third kappa shape index (κ3) is 4.28. The zero-order valence-corrected chi connectivity index (χ0v) is 11.3. The zero-order chi connectivity index (χ0) is 11.5. The first kappa shape index (κ1) is 15.7. The Kier molecular flexibility index (Phi) is 6.30. The molecule has 0 spiro atoms. The Balaban J connectivity index is 0.00000225. The van der Waals surface area contributed by atoms with Crippen molar-refractivity contribution in [3.8, 4) is 0 Å². The summed E-state index contributed by atoms with van der Waals surface area (Å²) in [6.07, 6.45) is 1.00. The highest BCUT2D eigenvalue weighted by molar-refractivity contribution is 5.85. The molecule has 16 heavy (non-hydrogen) atoms. The molecule has 1 amide bonds. The second-order valence-corrected chi connectivity index (χ2v) is 5.13. The Morgan fingerprint density at radius 1 is 1.56 bits per heavy atom. The maximum absolute atomic E-state index is 11.5. The fourth-order valence-corrected chi connectivity index (χ4v) is 1.57. The number of nitrogens with one attached hydrogen (secondary N) is 2. The van der Waals surface area contributed by atoms with E-state index >= 15 is 0 Å². The van der Waals surface area contributed by atoms with Gasteiger partial charge in [-0.25, -0.2) is 0 Å². The highest BCUT2D eigenvalue weighted by atomic mass is 35.5. The molecule has 1 saturated heterocycles. The van der Waals surface area contributed by atoms with E-state index in [1.165, 1.54) is 0 Å². The van der Waals surface area contributed by atoms with Crippen LogP contribution in [0.15, 0.2) is 0 Å². The average Bonchev–Trinajstić information content (AvgIpc) is 1.99. The lowest BCUT2D eigenvalue weighted by Crippen LogP contribution is -2.54. The van der Waals surface area contributed by atoms with Crippen molar-refractivity contribution in [2.75, 3.05) is 20.2 Å². The standard InChI is InChI=1S/C11H22N2O2.ClH/c1-11(2,3)9(15-4)7-13-10(14)8-5-6-12-8;/h8-9,12H,5-7H2,1-4H3,(H,13,14);1H/t8-,9?;/m1./s1. The fraction of sp³-hybridized carbons (Fsp3) is 0.909. The number of carbonyl (C=O) groups is 1. The van der Waals surface area contributed by atoms with Crippen molar-refractivity contribution in [2.45, 2.75) is 39.3 Å². The monoisotopic (exact) mass is 250 g/mol. The summed E-state index contributed by atoms with van der Waals surface area (Å²) < 4.78 is 5.36. The van der Waals surface area contributed by atoms with Gasteiger partial charge in [0.25, 0.3) is 0 Å². The van der Waals surface area contributed by atoms with Crippen molar-refractivity contribution in [2.24, 2.45) is 5.41 Å². The van der Waals surface area contributed by atoms with Crippen LogP contribution < -0.4 is 10.6 Å². The summed E-state index contributed by atoms with van der Waals surface area (Å²) in [7, 11) is 1.68. The van der Waals surface area contributed by atoms with Gasteiger partial charge >= 0.3 is 0 Å². The zero-order valence-electron chi connectivity index (χ0n) is 10.5. The molecule has 0 aromatic carbocycles. The smallest absolute Gasteiger partial charge is 0.237 e. The van der Waals surface area contributed by atoms with Gasteiger partial charge < -0.3 is 15.4 Å². The van der Waals surface area contributed by atoms with Crippen molar-refractivity contribution < 1.29 is 9.53 Å². The molecule has 0 aromatic rings. The van der Waals surface area contributed by atoms with E-state index in [-0.39, 0.29) is 35.9 Å². The van der Waals surface area contributed by atoms with E-state index in [0.29, 0.717) is 6.54 Å². The number of rotatable bonds is 4. The van der Waals surface area contributed by atoms with Crippen molar-refractivity contribution >= 4 is 18.3 Å². The molecule has 2 N–H and O–H groups in total. The minimum absolute atomic E-state index is 0. The van der Waals surface area contributed by atoms with Crippen LogP contribution in [-0.4, -0.2) is 38.3 Å². The SMILES string of the molecule is COC(CNC(=O)[C@H]1CCN1)C(C)(C)C.Cl. The number of carbonyl (C=O) groups excluding carboxylic acids is 1. The van der Waals surface area contributed by atoms with E-state index in [2.05, 4.69) is 31.4 Å². The van der Waals surface area contributed by atoms with Gasteiger partial charge in [0, 0.05) is 13.7 Å². The summed E-state index contributed by atoms with van der Waals surface area (Å²) in [5.74, 6) is 0.0903. The lowest BCUT2D eigenvalue weighted by Gasteiger charge is -2.31. The number of ether oxygens (including phenoxy) is 1. The van der Waals surface area contributed by atoms with Crippen molar-refractivity contribution in [3.05, 3.63) is 0 Å². The van der Waals surface area contributed by atoms with Crippen molar-refractivity contribution in [3.63, 3.8) is 0 Å². The number of amides is 1. The second-order valence-electron chi connectivity index (χ2n) is 5.13. The van der Waals surface area contributed by atoms with Crippen LogP contribution in [0.25, 0.3) is 0 Å². The van der Waals surface area contributed by atoms with Crippen LogP contribution in [0.2, 0.25) is 0 Å². The summed E-state index contributed by atoms with van der Waals surface area (Å²) in [4.78, 5) is 11.5. The first-order chi connectivity index (χ1) is 6.95. The van der Waals surface area contributed by atoms with Crippen molar-refractivity contribution in [1.82, 2.24) is 10.6 Å². The molecule has 0 aliphatic carbocycles. The lowest BCUT2D eigenvalue weighted by molar-refractivity contribution is -0.125. The first-order valence-corrected chi connectivity index (χ1v) is 5.49. The van der Waals surface area contributed by atoms with Crippen LogP contribution >= 0.6 is 12.4 Å². The third-order valence-electron chi connectivity index (χ3n) is 2.85. The molecule has 1 unspecified atom stereocenters.